The molecule has 0 fully saturated rings. The van der Waals surface area contributed by atoms with Crippen LogP contribution >= 0.6 is 12.2 Å². The first-order chi connectivity index (χ1) is 11.8. The molecule has 0 radical (unpaired) electrons. The van der Waals surface area contributed by atoms with Gasteiger partial charge in [0.05, 0.1) is 0 Å². The summed E-state index contributed by atoms with van der Waals surface area (Å²) in [6.45, 7) is 0.817. The van der Waals surface area contributed by atoms with Crippen molar-refractivity contribution in [3.05, 3.63) is 90.5 Å². The maximum Gasteiger partial charge on any atom is 0.170 e. The molecule has 2 N–H and O–H groups in total. The molecule has 0 heterocycles. The van der Waals surface area contributed by atoms with Gasteiger partial charge in [-0.3, -0.25) is 0 Å². The number of anilines is 1. The van der Waals surface area contributed by atoms with Gasteiger partial charge in [-0.1, -0.05) is 72.8 Å². The highest BCUT2D eigenvalue weighted by atomic mass is 32.1. The van der Waals surface area contributed by atoms with Gasteiger partial charge in [0.15, 0.2) is 5.11 Å². The van der Waals surface area contributed by atoms with E-state index in [1.54, 1.807) is 0 Å². The first-order valence-electron chi connectivity index (χ1n) is 8.05. The van der Waals surface area contributed by atoms with Gasteiger partial charge >= 0.3 is 0 Å². The molecule has 0 saturated carbocycles. The van der Waals surface area contributed by atoms with Gasteiger partial charge in [-0.15, -0.1) is 0 Å². The van der Waals surface area contributed by atoms with Gasteiger partial charge < -0.3 is 10.6 Å². The summed E-state index contributed by atoms with van der Waals surface area (Å²) in [5, 5.41) is 7.12. The molecule has 0 aliphatic rings. The molecule has 0 aliphatic carbocycles. The maximum absolute atomic E-state index is 5.36. The van der Waals surface area contributed by atoms with Crippen LogP contribution in [0.3, 0.4) is 0 Å². The Labute approximate surface area is 148 Å². The van der Waals surface area contributed by atoms with Crippen molar-refractivity contribution in [3.8, 4) is 11.1 Å². The number of rotatable bonds is 5. The smallest absolute Gasteiger partial charge is 0.170 e. The molecular formula is C21H20N2S. The highest BCUT2D eigenvalue weighted by Crippen LogP contribution is 2.20. The minimum absolute atomic E-state index is 0.651. The summed E-state index contributed by atoms with van der Waals surface area (Å²) >= 11 is 5.36. The van der Waals surface area contributed by atoms with E-state index in [0.717, 1.165) is 18.7 Å². The second-order valence-corrected chi connectivity index (χ2v) is 5.97. The van der Waals surface area contributed by atoms with Crippen LogP contribution in [-0.4, -0.2) is 11.7 Å². The van der Waals surface area contributed by atoms with Gasteiger partial charge in [0.1, 0.15) is 0 Å². The Bertz CT molecular complexity index is 768. The quantitative estimate of drug-likeness (QED) is 0.651. The second-order valence-electron chi connectivity index (χ2n) is 5.56. The monoisotopic (exact) mass is 332 g/mol. The first kappa shape index (κ1) is 16.2. The Morgan fingerprint density at radius 2 is 1.29 bits per heavy atom. The summed E-state index contributed by atoms with van der Waals surface area (Å²) in [7, 11) is 0. The van der Waals surface area contributed by atoms with E-state index in [4.69, 9.17) is 12.2 Å². The van der Waals surface area contributed by atoms with E-state index in [1.807, 2.05) is 36.4 Å². The van der Waals surface area contributed by atoms with Gasteiger partial charge in [0.2, 0.25) is 0 Å². The largest absolute Gasteiger partial charge is 0.362 e. The Morgan fingerprint density at radius 1 is 0.708 bits per heavy atom. The summed E-state index contributed by atoms with van der Waals surface area (Å²) in [6, 6.07) is 29.0. The van der Waals surface area contributed by atoms with E-state index in [1.165, 1.54) is 16.7 Å². The van der Waals surface area contributed by atoms with Crippen LogP contribution in [0, 0.1) is 0 Å². The minimum atomic E-state index is 0.651. The molecule has 3 aromatic carbocycles. The van der Waals surface area contributed by atoms with Gasteiger partial charge in [-0.05, 0) is 47.5 Å². The molecule has 0 aliphatic heterocycles. The van der Waals surface area contributed by atoms with Crippen LogP contribution in [-0.2, 0) is 6.42 Å². The molecule has 0 aromatic heterocycles. The lowest BCUT2D eigenvalue weighted by molar-refractivity contribution is 0.873. The van der Waals surface area contributed by atoms with E-state index in [0.29, 0.717) is 5.11 Å². The van der Waals surface area contributed by atoms with Crippen LogP contribution in [0.2, 0.25) is 0 Å². The molecule has 0 unspecified atom stereocenters. The Kier molecular flexibility index (Phi) is 5.59. The third kappa shape index (κ3) is 4.67. The molecule has 24 heavy (non-hydrogen) atoms. The summed E-state index contributed by atoms with van der Waals surface area (Å²) in [6.07, 6.45) is 0.954. The average molecular weight is 332 g/mol. The van der Waals surface area contributed by atoms with Crippen LogP contribution in [0.1, 0.15) is 5.56 Å². The van der Waals surface area contributed by atoms with Gasteiger partial charge in [0, 0.05) is 12.2 Å². The van der Waals surface area contributed by atoms with Crippen LogP contribution < -0.4 is 10.6 Å². The van der Waals surface area contributed by atoms with Gasteiger partial charge in [0.25, 0.3) is 0 Å². The lowest BCUT2D eigenvalue weighted by atomic mass is 10.1. The topological polar surface area (TPSA) is 24.1 Å². The second kappa shape index (κ2) is 8.27. The number of hydrogen-bond acceptors (Lipinski definition) is 1. The van der Waals surface area contributed by atoms with Crippen LogP contribution in [0.5, 0.6) is 0 Å². The van der Waals surface area contributed by atoms with Crippen molar-refractivity contribution >= 4 is 23.0 Å². The zero-order chi connectivity index (χ0) is 16.6. The van der Waals surface area contributed by atoms with Crippen molar-refractivity contribution in [2.24, 2.45) is 0 Å². The molecule has 3 heteroatoms. The molecule has 0 saturated heterocycles. The first-order valence-corrected chi connectivity index (χ1v) is 8.46. The SMILES string of the molecule is S=C(NCCc1ccccc1)Nc1ccc(-c2ccccc2)cc1. The molecular weight excluding hydrogens is 312 g/mol. The number of thiocarbonyl (C=S) groups is 1. The van der Waals surface area contributed by atoms with E-state index in [2.05, 4.69) is 59.2 Å². The molecule has 0 spiro atoms. The fourth-order valence-electron chi connectivity index (χ4n) is 2.52. The standard InChI is InChI=1S/C21H20N2S/c24-21(22-16-15-17-7-3-1-4-8-17)23-20-13-11-19(12-14-20)18-9-5-2-6-10-18/h1-14H,15-16H2,(H2,22,23,24). The molecule has 0 atom stereocenters. The Balaban J connectivity index is 1.49. The predicted octanol–water partition coefficient (Wildman–Crippen LogP) is 4.88. The summed E-state index contributed by atoms with van der Waals surface area (Å²) in [4.78, 5) is 0. The van der Waals surface area contributed by atoms with Gasteiger partial charge in [-0.25, -0.2) is 0 Å². The third-order valence-electron chi connectivity index (χ3n) is 3.79. The fourth-order valence-corrected chi connectivity index (χ4v) is 2.74. The highest BCUT2D eigenvalue weighted by Gasteiger charge is 2.00. The van der Waals surface area contributed by atoms with Crippen LogP contribution in [0.15, 0.2) is 84.9 Å². The van der Waals surface area contributed by atoms with Crippen molar-refractivity contribution in [2.75, 3.05) is 11.9 Å². The molecule has 120 valence electrons. The van der Waals surface area contributed by atoms with E-state index in [-0.39, 0.29) is 0 Å². The van der Waals surface area contributed by atoms with Gasteiger partial charge in [-0.2, -0.15) is 0 Å². The minimum Gasteiger partial charge on any atom is -0.362 e. The van der Waals surface area contributed by atoms with Crippen molar-refractivity contribution < 1.29 is 0 Å². The van der Waals surface area contributed by atoms with Crippen LogP contribution in [0.4, 0.5) is 5.69 Å². The van der Waals surface area contributed by atoms with Crippen molar-refractivity contribution in [3.63, 3.8) is 0 Å². The third-order valence-corrected chi connectivity index (χ3v) is 4.04. The number of hydrogen-bond donors (Lipinski definition) is 2. The summed E-state index contributed by atoms with van der Waals surface area (Å²) < 4.78 is 0. The normalized spacial score (nSPS) is 10.2. The lowest BCUT2D eigenvalue weighted by Gasteiger charge is -2.11. The van der Waals surface area contributed by atoms with Crippen LogP contribution in [0.25, 0.3) is 11.1 Å². The fraction of sp³-hybridized carbons (Fsp3) is 0.0952. The molecule has 3 rings (SSSR count). The molecule has 2 nitrogen and oxygen atoms in total. The van der Waals surface area contributed by atoms with E-state index >= 15 is 0 Å². The lowest BCUT2D eigenvalue weighted by Crippen LogP contribution is -2.30. The van der Waals surface area contributed by atoms with Crippen molar-refractivity contribution in [1.82, 2.24) is 5.32 Å². The molecule has 0 amide bonds. The maximum atomic E-state index is 5.36. The zero-order valence-corrected chi connectivity index (χ0v) is 14.2. The zero-order valence-electron chi connectivity index (χ0n) is 13.4. The number of benzene rings is 3. The summed E-state index contributed by atoms with van der Waals surface area (Å²) in [5.74, 6) is 0. The van der Waals surface area contributed by atoms with Crippen molar-refractivity contribution in [1.29, 1.82) is 0 Å². The molecule has 0 bridgehead atoms. The summed E-state index contributed by atoms with van der Waals surface area (Å²) in [5.41, 5.74) is 4.71. The Morgan fingerprint density at radius 3 is 1.96 bits per heavy atom. The van der Waals surface area contributed by atoms with E-state index < -0.39 is 0 Å². The average Bonchev–Trinajstić information content (AvgIpc) is 2.64. The van der Waals surface area contributed by atoms with Crippen molar-refractivity contribution in [2.45, 2.75) is 6.42 Å². The predicted molar refractivity (Wildman–Crippen MR) is 106 cm³/mol. The number of nitrogens with one attached hydrogen (secondary N) is 2. The highest BCUT2D eigenvalue weighted by molar-refractivity contribution is 7.80. The Hall–Kier alpha value is -2.65. The van der Waals surface area contributed by atoms with E-state index in [9.17, 15) is 0 Å². The molecule has 3 aromatic rings.